The van der Waals surface area contributed by atoms with Crippen LogP contribution in [0.1, 0.15) is 0 Å². The van der Waals surface area contributed by atoms with Gasteiger partial charge in [-0.05, 0) is 12.1 Å². The number of piperazine rings is 1. The summed E-state index contributed by atoms with van der Waals surface area (Å²) in [6.07, 6.45) is 0. The van der Waals surface area contributed by atoms with Gasteiger partial charge in [0.25, 0.3) is 0 Å². The predicted octanol–water partition coefficient (Wildman–Crippen LogP) is 2.82. The molecule has 0 amide bonds. The highest BCUT2D eigenvalue weighted by molar-refractivity contribution is 7.14. The number of nitrogens with one attached hydrogen (secondary N) is 1. The van der Waals surface area contributed by atoms with E-state index in [0.717, 1.165) is 42.6 Å². The standard InChI is InChI=1S/C14H15F2N3OS/c15-13(16)20-11-3-1-2-10(8-11)12-9-21-14(18-12)19-6-4-17-5-7-19/h1-3,8-9,13,17H,4-7H2. The van der Waals surface area contributed by atoms with E-state index in [4.69, 9.17) is 0 Å². The second kappa shape index (κ2) is 6.36. The Morgan fingerprint density at radius 3 is 2.86 bits per heavy atom. The number of aromatic nitrogens is 1. The van der Waals surface area contributed by atoms with Gasteiger partial charge < -0.3 is 15.0 Å². The summed E-state index contributed by atoms with van der Waals surface area (Å²) in [5.41, 5.74) is 1.57. The number of anilines is 1. The van der Waals surface area contributed by atoms with Gasteiger partial charge in [0.1, 0.15) is 5.75 Å². The fourth-order valence-electron chi connectivity index (χ4n) is 2.23. The minimum absolute atomic E-state index is 0.152. The molecular formula is C14H15F2N3OS. The number of thiazole rings is 1. The number of ether oxygens (including phenoxy) is 1. The van der Waals surface area contributed by atoms with Gasteiger partial charge in [0.05, 0.1) is 5.69 Å². The number of halogens is 2. The Balaban J connectivity index is 1.79. The summed E-state index contributed by atoms with van der Waals surface area (Å²) < 4.78 is 28.9. The molecule has 21 heavy (non-hydrogen) atoms. The van der Waals surface area contributed by atoms with Crippen LogP contribution < -0.4 is 15.0 Å². The van der Waals surface area contributed by atoms with Crippen LogP contribution in [0.15, 0.2) is 29.6 Å². The highest BCUT2D eigenvalue weighted by Gasteiger charge is 2.15. The van der Waals surface area contributed by atoms with Crippen LogP contribution in [0.5, 0.6) is 5.75 Å². The molecule has 0 spiro atoms. The van der Waals surface area contributed by atoms with E-state index in [1.54, 1.807) is 23.5 Å². The Bertz CT molecular complexity index is 599. The Hall–Kier alpha value is -1.73. The van der Waals surface area contributed by atoms with Gasteiger partial charge in [-0.15, -0.1) is 11.3 Å². The van der Waals surface area contributed by atoms with Crippen molar-refractivity contribution in [1.82, 2.24) is 10.3 Å². The molecular weight excluding hydrogens is 296 g/mol. The van der Waals surface area contributed by atoms with Crippen molar-refractivity contribution in [1.29, 1.82) is 0 Å². The van der Waals surface area contributed by atoms with E-state index in [-0.39, 0.29) is 5.75 Å². The lowest BCUT2D eigenvalue weighted by Crippen LogP contribution is -2.43. The first kappa shape index (κ1) is 14.2. The van der Waals surface area contributed by atoms with Gasteiger partial charge >= 0.3 is 6.61 Å². The Labute approximate surface area is 125 Å². The van der Waals surface area contributed by atoms with E-state index >= 15 is 0 Å². The number of hydrogen-bond acceptors (Lipinski definition) is 5. The zero-order valence-electron chi connectivity index (χ0n) is 11.3. The van der Waals surface area contributed by atoms with Gasteiger partial charge in [-0.2, -0.15) is 8.78 Å². The van der Waals surface area contributed by atoms with Crippen molar-refractivity contribution in [2.75, 3.05) is 31.1 Å². The monoisotopic (exact) mass is 311 g/mol. The van der Waals surface area contributed by atoms with Gasteiger partial charge in [-0.1, -0.05) is 12.1 Å². The zero-order valence-corrected chi connectivity index (χ0v) is 12.1. The molecule has 1 aliphatic heterocycles. The molecule has 1 saturated heterocycles. The van der Waals surface area contributed by atoms with E-state index in [0.29, 0.717) is 0 Å². The first-order valence-corrected chi connectivity index (χ1v) is 7.57. The molecule has 7 heteroatoms. The quantitative estimate of drug-likeness (QED) is 0.942. The topological polar surface area (TPSA) is 37.4 Å². The molecule has 0 atom stereocenters. The third-order valence-corrected chi connectivity index (χ3v) is 4.14. The summed E-state index contributed by atoms with van der Waals surface area (Å²) in [5.74, 6) is 0.152. The lowest BCUT2D eigenvalue weighted by Gasteiger charge is -2.26. The minimum Gasteiger partial charge on any atom is -0.435 e. The number of benzene rings is 1. The van der Waals surface area contributed by atoms with Crippen molar-refractivity contribution in [3.8, 4) is 17.0 Å². The molecule has 0 bridgehead atoms. The molecule has 4 nitrogen and oxygen atoms in total. The lowest BCUT2D eigenvalue weighted by molar-refractivity contribution is -0.0498. The first-order chi connectivity index (χ1) is 10.2. The molecule has 3 rings (SSSR count). The highest BCUT2D eigenvalue weighted by Crippen LogP contribution is 2.29. The molecule has 1 aliphatic rings. The van der Waals surface area contributed by atoms with Crippen molar-refractivity contribution in [2.45, 2.75) is 6.61 Å². The summed E-state index contributed by atoms with van der Waals surface area (Å²) in [6.45, 7) is 0.953. The fraction of sp³-hybridized carbons (Fsp3) is 0.357. The molecule has 0 radical (unpaired) electrons. The molecule has 1 aromatic heterocycles. The summed E-state index contributed by atoms with van der Waals surface area (Å²) in [7, 11) is 0. The maximum atomic E-state index is 12.3. The predicted molar refractivity (Wildman–Crippen MR) is 79.3 cm³/mol. The first-order valence-electron chi connectivity index (χ1n) is 6.69. The molecule has 0 saturated carbocycles. The smallest absolute Gasteiger partial charge is 0.387 e. The van der Waals surface area contributed by atoms with Gasteiger partial charge in [0.15, 0.2) is 5.13 Å². The van der Waals surface area contributed by atoms with Gasteiger partial charge in [-0.25, -0.2) is 4.98 Å². The van der Waals surface area contributed by atoms with Crippen LogP contribution >= 0.6 is 11.3 Å². The van der Waals surface area contributed by atoms with Crippen LogP contribution in [0.4, 0.5) is 13.9 Å². The maximum absolute atomic E-state index is 12.3. The van der Waals surface area contributed by atoms with Crippen LogP contribution in [-0.2, 0) is 0 Å². The van der Waals surface area contributed by atoms with E-state index in [2.05, 4.69) is 19.9 Å². The van der Waals surface area contributed by atoms with Gasteiger partial charge in [0.2, 0.25) is 0 Å². The van der Waals surface area contributed by atoms with Crippen LogP contribution in [0.2, 0.25) is 0 Å². The van der Waals surface area contributed by atoms with Crippen LogP contribution in [0.25, 0.3) is 11.3 Å². The Kier molecular flexibility index (Phi) is 4.31. The summed E-state index contributed by atoms with van der Waals surface area (Å²) in [6, 6.07) is 6.63. The normalized spacial score (nSPS) is 15.5. The van der Waals surface area contributed by atoms with E-state index in [1.807, 2.05) is 11.4 Å². The van der Waals surface area contributed by atoms with Crippen molar-refractivity contribution < 1.29 is 13.5 Å². The molecule has 0 unspecified atom stereocenters. The fourth-order valence-corrected chi connectivity index (χ4v) is 3.12. The number of hydrogen-bond donors (Lipinski definition) is 1. The third kappa shape index (κ3) is 3.48. The SMILES string of the molecule is FC(F)Oc1cccc(-c2csc(N3CCNCC3)n2)c1. The second-order valence-electron chi connectivity index (χ2n) is 4.66. The highest BCUT2D eigenvalue weighted by atomic mass is 32.1. The molecule has 2 aromatic rings. The Morgan fingerprint density at radius 1 is 1.29 bits per heavy atom. The molecule has 1 N–H and O–H groups in total. The van der Waals surface area contributed by atoms with E-state index in [9.17, 15) is 8.78 Å². The second-order valence-corrected chi connectivity index (χ2v) is 5.50. The van der Waals surface area contributed by atoms with Crippen LogP contribution in [-0.4, -0.2) is 37.8 Å². The van der Waals surface area contributed by atoms with Crippen molar-refractivity contribution in [3.05, 3.63) is 29.6 Å². The molecule has 2 heterocycles. The number of nitrogens with zero attached hydrogens (tertiary/aromatic N) is 2. The summed E-state index contributed by atoms with van der Waals surface area (Å²) in [5, 5.41) is 6.20. The Morgan fingerprint density at radius 2 is 2.10 bits per heavy atom. The third-order valence-electron chi connectivity index (χ3n) is 3.23. The van der Waals surface area contributed by atoms with Crippen LogP contribution in [0.3, 0.4) is 0 Å². The molecule has 0 aliphatic carbocycles. The summed E-state index contributed by atoms with van der Waals surface area (Å²) >= 11 is 1.57. The van der Waals surface area contributed by atoms with Crippen molar-refractivity contribution in [2.24, 2.45) is 0 Å². The molecule has 1 aromatic carbocycles. The number of alkyl halides is 2. The molecule has 112 valence electrons. The average Bonchev–Trinajstić information content (AvgIpc) is 2.98. The van der Waals surface area contributed by atoms with Crippen LogP contribution in [0, 0.1) is 0 Å². The lowest BCUT2D eigenvalue weighted by atomic mass is 10.2. The van der Waals surface area contributed by atoms with Gasteiger partial charge in [0, 0.05) is 37.1 Å². The average molecular weight is 311 g/mol. The van der Waals surface area contributed by atoms with Crippen molar-refractivity contribution in [3.63, 3.8) is 0 Å². The van der Waals surface area contributed by atoms with Gasteiger partial charge in [-0.3, -0.25) is 0 Å². The minimum atomic E-state index is -2.81. The maximum Gasteiger partial charge on any atom is 0.387 e. The summed E-state index contributed by atoms with van der Waals surface area (Å²) in [4.78, 5) is 6.82. The van der Waals surface area contributed by atoms with Crippen molar-refractivity contribution >= 4 is 16.5 Å². The largest absolute Gasteiger partial charge is 0.435 e. The zero-order chi connectivity index (χ0) is 14.7. The molecule has 1 fully saturated rings. The van der Waals surface area contributed by atoms with E-state index < -0.39 is 6.61 Å². The number of rotatable bonds is 4. The van der Waals surface area contributed by atoms with E-state index in [1.165, 1.54) is 6.07 Å².